The molecule has 0 spiro atoms. The first-order chi connectivity index (χ1) is 12.8. The van der Waals surface area contributed by atoms with E-state index in [9.17, 15) is 9.18 Å². The van der Waals surface area contributed by atoms with Crippen molar-refractivity contribution >= 4 is 28.5 Å². The lowest BCUT2D eigenvalue weighted by molar-refractivity contribution is -0.127. The molecule has 0 saturated carbocycles. The van der Waals surface area contributed by atoms with Crippen molar-refractivity contribution in [2.45, 2.75) is 32.9 Å². The van der Waals surface area contributed by atoms with Crippen LogP contribution in [0.4, 0.5) is 4.39 Å². The molecule has 1 amide bonds. The van der Waals surface area contributed by atoms with E-state index in [-0.39, 0.29) is 11.9 Å². The Labute approximate surface area is 161 Å². The minimum Gasteiger partial charge on any atom is -0.464 e. The molecule has 2 heterocycles. The molecule has 7 heteroatoms. The lowest BCUT2D eigenvalue weighted by atomic mass is 10.0. The third-order valence-corrected chi connectivity index (χ3v) is 4.21. The summed E-state index contributed by atoms with van der Waals surface area (Å²) in [5, 5.41) is 3.84. The Hall–Kier alpha value is -2.73. The molecule has 0 radical (unpaired) electrons. The Kier molecular flexibility index (Phi) is 5.56. The highest BCUT2D eigenvalue weighted by Crippen LogP contribution is 2.33. The topological polar surface area (TPSA) is 64.1 Å². The average molecular weight is 388 g/mol. The van der Waals surface area contributed by atoms with Gasteiger partial charge in [0.05, 0.1) is 5.02 Å². The molecule has 140 valence electrons. The van der Waals surface area contributed by atoms with Gasteiger partial charge >= 0.3 is 0 Å². The molecule has 0 aliphatic heterocycles. The van der Waals surface area contributed by atoms with Gasteiger partial charge in [0.25, 0.3) is 5.91 Å². The number of rotatable bonds is 5. The van der Waals surface area contributed by atoms with Crippen LogP contribution >= 0.6 is 11.6 Å². The first-order valence-corrected chi connectivity index (χ1v) is 8.91. The van der Waals surface area contributed by atoms with Crippen molar-refractivity contribution in [3.05, 3.63) is 53.4 Å². The largest absolute Gasteiger partial charge is 0.464 e. The zero-order valence-corrected chi connectivity index (χ0v) is 15.9. The van der Waals surface area contributed by atoms with Crippen LogP contribution < -0.4 is 10.1 Å². The maximum Gasteiger partial charge on any atom is 0.261 e. The van der Waals surface area contributed by atoms with E-state index in [1.54, 1.807) is 37.4 Å². The van der Waals surface area contributed by atoms with Crippen molar-refractivity contribution in [1.29, 1.82) is 0 Å². The number of carbonyl (C=O) groups excluding carboxylic acids is 1. The number of fused-ring (bicyclic) bond motifs is 1. The summed E-state index contributed by atoms with van der Waals surface area (Å²) >= 11 is 6.19. The van der Waals surface area contributed by atoms with E-state index in [1.165, 1.54) is 12.1 Å². The Morgan fingerprint density at radius 2 is 1.93 bits per heavy atom. The van der Waals surface area contributed by atoms with E-state index < -0.39 is 11.9 Å². The molecule has 1 aromatic carbocycles. The van der Waals surface area contributed by atoms with Crippen molar-refractivity contribution in [3.8, 4) is 17.0 Å². The number of pyridine rings is 2. The van der Waals surface area contributed by atoms with Crippen LogP contribution in [0.2, 0.25) is 5.02 Å². The van der Waals surface area contributed by atoms with Gasteiger partial charge in [0.2, 0.25) is 5.88 Å². The summed E-state index contributed by atoms with van der Waals surface area (Å²) in [7, 11) is 0. The molecular weight excluding hydrogens is 369 g/mol. The van der Waals surface area contributed by atoms with E-state index in [2.05, 4.69) is 15.3 Å². The molecule has 1 atom stereocenters. The number of nitrogens with zero attached hydrogens (tertiary/aromatic N) is 2. The van der Waals surface area contributed by atoms with Crippen LogP contribution in [0.5, 0.6) is 5.88 Å². The lowest BCUT2D eigenvalue weighted by Crippen LogP contribution is -2.40. The summed E-state index contributed by atoms with van der Waals surface area (Å²) in [6.45, 7) is 5.42. The highest BCUT2D eigenvalue weighted by Gasteiger charge is 2.17. The highest BCUT2D eigenvalue weighted by molar-refractivity contribution is 6.33. The molecule has 3 rings (SSSR count). The van der Waals surface area contributed by atoms with Gasteiger partial charge in [-0.3, -0.25) is 4.79 Å². The van der Waals surface area contributed by atoms with Crippen molar-refractivity contribution in [1.82, 2.24) is 15.3 Å². The molecule has 0 aliphatic rings. The molecule has 1 unspecified atom stereocenters. The van der Waals surface area contributed by atoms with Crippen molar-refractivity contribution in [2.75, 3.05) is 0 Å². The van der Waals surface area contributed by atoms with Crippen LogP contribution in [0, 0.1) is 5.82 Å². The van der Waals surface area contributed by atoms with Gasteiger partial charge < -0.3 is 10.1 Å². The van der Waals surface area contributed by atoms with Crippen LogP contribution in [0.3, 0.4) is 0 Å². The number of hydrogen-bond donors (Lipinski definition) is 1. The Bertz CT molecular complexity index is 994. The Morgan fingerprint density at radius 1 is 1.15 bits per heavy atom. The maximum atomic E-state index is 13.3. The van der Waals surface area contributed by atoms with Gasteiger partial charge in [-0.2, -0.15) is 4.98 Å². The number of halogens is 2. The normalized spacial score (nSPS) is 12.2. The van der Waals surface area contributed by atoms with Crippen LogP contribution in [0.15, 0.2) is 42.6 Å². The molecule has 5 nitrogen and oxygen atoms in total. The Morgan fingerprint density at radius 3 is 2.63 bits per heavy atom. The highest BCUT2D eigenvalue weighted by atomic mass is 35.5. The fourth-order valence-corrected chi connectivity index (χ4v) is 2.93. The second kappa shape index (κ2) is 7.88. The number of nitrogens with one attached hydrogen (secondary N) is 1. The average Bonchev–Trinajstić information content (AvgIpc) is 2.60. The van der Waals surface area contributed by atoms with Crippen LogP contribution in [0.25, 0.3) is 22.2 Å². The predicted octanol–water partition coefficient (Wildman–Crippen LogP) is 4.38. The van der Waals surface area contributed by atoms with Gasteiger partial charge in [0, 0.05) is 29.3 Å². The molecule has 0 fully saturated rings. The number of ether oxygens (including phenoxy) is 1. The van der Waals surface area contributed by atoms with Gasteiger partial charge in [0.15, 0.2) is 11.8 Å². The fraction of sp³-hybridized carbons (Fsp3) is 0.250. The minimum atomic E-state index is -0.688. The summed E-state index contributed by atoms with van der Waals surface area (Å²) < 4.78 is 19.0. The predicted molar refractivity (Wildman–Crippen MR) is 103 cm³/mol. The summed E-state index contributed by atoms with van der Waals surface area (Å²) in [4.78, 5) is 20.6. The molecular formula is C20H19ClFN3O2. The monoisotopic (exact) mass is 387 g/mol. The maximum absolute atomic E-state index is 13.3. The molecule has 2 aromatic heterocycles. The summed E-state index contributed by atoms with van der Waals surface area (Å²) in [6, 6.07) is 9.53. The van der Waals surface area contributed by atoms with Crippen molar-refractivity contribution in [3.63, 3.8) is 0 Å². The molecule has 27 heavy (non-hydrogen) atoms. The SMILES string of the molecule is CC(C)NC(=O)C(C)Oc1ccc2c(-c3ccc(F)cc3Cl)ccnc2n1. The number of carbonyl (C=O) groups is 1. The molecule has 0 bridgehead atoms. The van der Waals surface area contributed by atoms with Gasteiger partial charge in [-0.25, -0.2) is 9.37 Å². The smallest absolute Gasteiger partial charge is 0.261 e. The zero-order chi connectivity index (χ0) is 19.6. The zero-order valence-electron chi connectivity index (χ0n) is 15.2. The number of amides is 1. The minimum absolute atomic E-state index is 0.0257. The quantitative estimate of drug-likeness (QED) is 0.705. The summed E-state index contributed by atoms with van der Waals surface area (Å²) in [5.74, 6) is -0.319. The Balaban J connectivity index is 1.92. The third-order valence-electron chi connectivity index (χ3n) is 3.90. The third kappa shape index (κ3) is 4.34. The van der Waals surface area contributed by atoms with Gasteiger partial charge in [-0.1, -0.05) is 11.6 Å². The van der Waals surface area contributed by atoms with Crippen LogP contribution in [-0.2, 0) is 4.79 Å². The van der Waals surface area contributed by atoms with E-state index in [0.717, 1.165) is 10.9 Å². The van der Waals surface area contributed by atoms with E-state index in [0.29, 0.717) is 22.1 Å². The molecule has 0 aliphatic carbocycles. The van der Waals surface area contributed by atoms with Crippen LogP contribution in [-0.4, -0.2) is 28.0 Å². The van der Waals surface area contributed by atoms with Gasteiger partial charge in [-0.05, 0) is 56.7 Å². The summed E-state index contributed by atoms with van der Waals surface area (Å²) in [5.41, 5.74) is 1.92. The molecule has 1 N–H and O–H groups in total. The first-order valence-electron chi connectivity index (χ1n) is 8.53. The second-order valence-corrected chi connectivity index (χ2v) is 6.83. The number of aromatic nitrogens is 2. The number of hydrogen-bond acceptors (Lipinski definition) is 4. The van der Waals surface area contributed by atoms with Crippen molar-refractivity contribution in [2.24, 2.45) is 0 Å². The van der Waals surface area contributed by atoms with Crippen molar-refractivity contribution < 1.29 is 13.9 Å². The van der Waals surface area contributed by atoms with E-state index in [1.807, 2.05) is 13.8 Å². The number of benzene rings is 1. The van der Waals surface area contributed by atoms with Gasteiger partial charge in [0.1, 0.15) is 5.82 Å². The summed E-state index contributed by atoms with van der Waals surface area (Å²) in [6.07, 6.45) is 0.912. The molecule has 3 aromatic rings. The van der Waals surface area contributed by atoms with Gasteiger partial charge in [-0.15, -0.1) is 0 Å². The lowest BCUT2D eigenvalue weighted by Gasteiger charge is -2.16. The first kappa shape index (κ1) is 19.0. The van der Waals surface area contributed by atoms with Crippen LogP contribution in [0.1, 0.15) is 20.8 Å². The molecule has 0 saturated heterocycles. The van der Waals surface area contributed by atoms with E-state index >= 15 is 0 Å². The standard InChI is InChI=1S/C20H19ClFN3O2/c1-11(2)24-20(26)12(3)27-18-7-6-16-14(8-9-23-19(16)25-18)15-5-4-13(22)10-17(15)21/h4-12H,1-3H3,(H,24,26). The van der Waals surface area contributed by atoms with E-state index in [4.69, 9.17) is 16.3 Å². The second-order valence-electron chi connectivity index (χ2n) is 6.43. The fourth-order valence-electron chi connectivity index (χ4n) is 2.66.